The Bertz CT molecular complexity index is 294. The van der Waals surface area contributed by atoms with Crippen molar-refractivity contribution >= 4 is 0 Å². The summed E-state index contributed by atoms with van der Waals surface area (Å²) >= 11 is 0. The van der Waals surface area contributed by atoms with E-state index in [1.807, 2.05) is 19.6 Å². The second kappa shape index (κ2) is 5.28. The summed E-state index contributed by atoms with van der Waals surface area (Å²) in [5.74, 6) is 0. The van der Waals surface area contributed by atoms with Crippen LogP contribution in [-0.4, -0.2) is 30.3 Å². The molecule has 0 saturated carbocycles. The molecular formula is C11H21N3O. The number of aromatic nitrogens is 2. The van der Waals surface area contributed by atoms with Gasteiger partial charge in [0, 0.05) is 26.5 Å². The minimum atomic E-state index is -0.0381. The lowest BCUT2D eigenvalue weighted by molar-refractivity contribution is 0.189. The van der Waals surface area contributed by atoms with Crippen molar-refractivity contribution in [1.82, 2.24) is 14.9 Å². The standard InChI is InChI=1S/C11H21N3O/c1-11(2,12-3)10-8-13-9-14(10)6-5-7-15-4/h8-9,12H,5-7H2,1-4H3. The van der Waals surface area contributed by atoms with E-state index in [-0.39, 0.29) is 5.54 Å². The molecule has 1 aromatic heterocycles. The first-order valence-electron chi connectivity index (χ1n) is 5.30. The van der Waals surface area contributed by atoms with Crippen LogP contribution in [0.25, 0.3) is 0 Å². The lowest BCUT2D eigenvalue weighted by Gasteiger charge is -2.25. The van der Waals surface area contributed by atoms with E-state index in [0.717, 1.165) is 19.6 Å². The zero-order valence-corrected chi connectivity index (χ0v) is 10.1. The average Bonchev–Trinajstić information content (AvgIpc) is 2.67. The number of hydrogen-bond acceptors (Lipinski definition) is 3. The predicted octanol–water partition coefficient (Wildman–Crippen LogP) is 1.37. The Labute approximate surface area is 91.7 Å². The van der Waals surface area contributed by atoms with E-state index in [2.05, 4.69) is 28.7 Å². The number of imidazole rings is 1. The van der Waals surface area contributed by atoms with Gasteiger partial charge in [-0.25, -0.2) is 4.98 Å². The van der Waals surface area contributed by atoms with Crippen LogP contribution in [0.1, 0.15) is 26.0 Å². The number of rotatable bonds is 6. The molecule has 1 N–H and O–H groups in total. The predicted molar refractivity (Wildman–Crippen MR) is 60.8 cm³/mol. The molecule has 0 aliphatic carbocycles. The van der Waals surface area contributed by atoms with E-state index in [4.69, 9.17) is 4.74 Å². The molecule has 4 heteroatoms. The number of hydrogen-bond donors (Lipinski definition) is 1. The Morgan fingerprint density at radius 2 is 2.27 bits per heavy atom. The molecule has 0 aliphatic heterocycles. The van der Waals surface area contributed by atoms with Gasteiger partial charge < -0.3 is 14.6 Å². The van der Waals surface area contributed by atoms with Crippen LogP contribution in [0, 0.1) is 0 Å². The molecule has 0 spiro atoms. The third kappa shape index (κ3) is 3.04. The molecule has 4 nitrogen and oxygen atoms in total. The zero-order valence-electron chi connectivity index (χ0n) is 10.1. The van der Waals surface area contributed by atoms with Crippen molar-refractivity contribution in [1.29, 1.82) is 0 Å². The van der Waals surface area contributed by atoms with Crippen LogP contribution in [0.3, 0.4) is 0 Å². The molecule has 0 unspecified atom stereocenters. The summed E-state index contributed by atoms with van der Waals surface area (Å²) in [6.07, 6.45) is 4.81. The van der Waals surface area contributed by atoms with Gasteiger partial charge in [0.2, 0.25) is 0 Å². The lowest BCUT2D eigenvalue weighted by atomic mass is 10.0. The second-order valence-electron chi connectivity index (χ2n) is 4.19. The molecule has 0 fully saturated rings. The molecule has 86 valence electrons. The van der Waals surface area contributed by atoms with Gasteiger partial charge in [-0.3, -0.25) is 0 Å². The minimum Gasteiger partial charge on any atom is -0.385 e. The Morgan fingerprint density at radius 1 is 1.53 bits per heavy atom. The van der Waals surface area contributed by atoms with Crippen LogP contribution in [0.15, 0.2) is 12.5 Å². The topological polar surface area (TPSA) is 39.1 Å². The normalized spacial score (nSPS) is 12.0. The van der Waals surface area contributed by atoms with Crippen molar-refractivity contribution in [3.8, 4) is 0 Å². The monoisotopic (exact) mass is 211 g/mol. The van der Waals surface area contributed by atoms with Crippen molar-refractivity contribution in [3.05, 3.63) is 18.2 Å². The summed E-state index contributed by atoms with van der Waals surface area (Å²) in [5.41, 5.74) is 1.17. The molecule has 1 rings (SSSR count). The molecule has 0 atom stereocenters. The molecule has 0 saturated heterocycles. The smallest absolute Gasteiger partial charge is 0.0948 e. The minimum absolute atomic E-state index is 0.0381. The highest BCUT2D eigenvalue weighted by atomic mass is 16.5. The maximum absolute atomic E-state index is 5.04. The summed E-state index contributed by atoms with van der Waals surface area (Å²) in [4.78, 5) is 4.20. The number of nitrogens with one attached hydrogen (secondary N) is 1. The molecule has 0 amide bonds. The SMILES string of the molecule is CNC(C)(C)c1cncn1CCCOC. The van der Waals surface area contributed by atoms with Crippen LogP contribution in [0.2, 0.25) is 0 Å². The maximum atomic E-state index is 5.04. The van der Waals surface area contributed by atoms with Gasteiger partial charge in [0.05, 0.1) is 17.6 Å². The molecule has 1 heterocycles. The molecule has 0 radical (unpaired) electrons. The zero-order chi connectivity index (χ0) is 11.3. The van der Waals surface area contributed by atoms with Crippen molar-refractivity contribution in [2.75, 3.05) is 20.8 Å². The van der Waals surface area contributed by atoms with E-state index in [1.54, 1.807) is 7.11 Å². The van der Waals surface area contributed by atoms with Gasteiger partial charge in [-0.15, -0.1) is 0 Å². The quantitative estimate of drug-likeness (QED) is 0.722. The van der Waals surface area contributed by atoms with E-state index in [1.165, 1.54) is 5.69 Å². The summed E-state index contributed by atoms with van der Waals surface area (Å²) in [6, 6.07) is 0. The maximum Gasteiger partial charge on any atom is 0.0948 e. The third-order valence-electron chi connectivity index (χ3n) is 2.73. The molecular weight excluding hydrogens is 190 g/mol. The van der Waals surface area contributed by atoms with E-state index in [0.29, 0.717) is 0 Å². The van der Waals surface area contributed by atoms with Gasteiger partial charge in [-0.05, 0) is 27.3 Å². The van der Waals surface area contributed by atoms with Gasteiger partial charge in [0.1, 0.15) is 0 Å². The van der Waals surface area contributed by atoms with Gasteiger partial charge in [0.15, 0.2) is 0 Å². The van der Waals surface area contributed by atoms with Crippen molar-refractivity contribution in [3.63, 3.8) is 0 Å². The van der Waals surface area contributed by atoms with E-state index >= 15 is 0 Å². The van der Waals surface area contributed by atoms with Crippen LogP contribution in [0.4, 0.5) is 0 Å². The Morgan fingerprint density at radius 3 is 2.87 bits per heavy atom. The van der Waals surface area contributed by atoms with Crippen molar-refractivity contribution < 1.29 is 4.74 Å². The highest BCUT2D eigenvalue weighted by molar-refractivity contribution is 5.10. The fourth-order valence-corrected chi connectivity index (χ4v) is 1.53. The Hall–Kier alpha value is -0.870. The molecule has 0 aromatic carbocycles. The Kier molecular flexibility index (Phi) is 4.29. The van der Waals surface area contributed by atoms with Gasteiger partial charge in [-0.1, -0.05) is 0 Å². The third-order valence-corrected chi connectivity index (χ3v) is 2.73. The first kappa shape index (κ1) is 12.2. The highest BCUT2D eigenvalue weighted by Crippen LogP contribution is 2.18. The van der Waals surface area contributed by atoms with Crippen LogP contribution in [0.5, 0.6) is 0 Å². The summed E-state index contributed by atoms with van der Waals surface area (Å²) in [7, 11) is 3.69. The highest BCUT2D eigenvalue weighted by Gasteiger charge is 2.21. The fourth-order valence-electron chi connectivity index (χ4n) is 1.53. The number of ether oxygens (including phenoxy) is 1. The lowest BCUT2D eigenvalue weighted by Crippen LogP contribution is -2.35. The molecule has 15 heavy (non-hydrogen) atoms. The van der Waals surface area contributed by atoms with E-state index < -0.39 is 0 Å². The Balaban J connectivity index is 2.69. The van der Waals surface area contributed by atoms with Crippen molar-refractivity contribution in [2.45, 2.75) is 32.4 Å². The van der Waals surface area contributed by atoms with Crippen LogP contribution < -0.4 is 5.32 Å². The average molecular weight is 211 g/mol. The molecule has 1 aromatic rings. The van der Waals surface area contributed by atoms with Gasteiger partial charge in [0.25, 0.3) is 0 Å². The summed E-state index contributed by atoms with van der Waals surface area (Å²) in [6.45, 7) is 6.04. The van der Waals surface area contributed by atoms with Crippen LogP contribution >= 0.6 is 0 Å². The van der Waals surface area contributed by atoms with Gasteiger partial charge >= 0.3 is 0 Å². The van der Waals surface area contributed by atoms with Crippen LogP contribution in [-0.2, 0) is 16.8 Å². The summed E-state index contributed by atoms with van der Waals surface area (Å²) < 4.78 is 7.22. The van der Waals surface area contributed by atoms with Gasteiger partial charge in [-0.2, -0.15) is 0 Å². The van der Waals surface area contributed by atoms with Crippen molar-refractivity contribution in [2.24, 2.45) is 0 Å². The molecule has 0 aliphatic rings. The first-order chi connectivity index (χ1) is 7.11. The molecule has 0 bridgehead atoms. The fraction of sp³-hybridized carbons (Fsp3) is 0.727. The second-order valence-corrected chi connectivity index (χ2v) is 4.19. The van der Waals surface area contributed by atoms with E-state index in [9.17, 15) is 0 Å². The number of nitrogens with zero attached hydrogens (tertiary/aromatic N) is 2. The summed E-state index contributed by atoms with van der Waals surface area (Å²) in [5, 5.41) is 3.28. The number of aryl methyl sites for hydroxylation is 1. The first-order valence-corrected chi connectivity index (χ1v) is 5.30. The largest absolute Gasteiger partial charge is 0.385 e. The number of methoxy groups -OCH3 is 1.